The van der Waals surface area contributed by atoms with Gasteiger partial charge in [0.15, 0.2) is 12.4 Å². The van der Waals surface area contributed by atoms with Gasteiger partial charge >= 0.3 is 0 Å². The van der Waals surface area contributed by atoms with Gasteiger partial charge in [-0.05, 0) is 23.8 Å². The summed E-state index contributed by atoms with van der Waals surface area (Å²) in [6, 6.07) is 7.61. The predicted octanol–water partition coefficient (Wildman–Crippen LogP) is 0.866. The Labute approximate surface area is 149 Å². The van der Waals surface area contributed by atoms with Crippen LogP contribution in [0.4, 0.5) is 0 Å². The maximum atomic E-state index is 12.8. The highest BCUT2D eigenvalue weighted by Crippen LogP contribution is 2.16. The average Bonchev–Trinajstić information content (AvgIpc) is 2.61. The largest absolute Gasteiger partial charge is 0.619 e. The second-order valence-corrected chi connectivity index (χ2v) is 6.23. The van der Waals surface area contributed by atoms with E-state index in [1.54, 1.807) is 6.07 Å². The van der Waals surface area contributed by atoms with Crippen LogP contribution in [0.25, 0.3) is 21.8 Å². The normalized spacial score (nSPS) is 11.3. The van der Waals surface area contributed by atoms with E-state index in [4.69, 9.17) is 11.6 Å². The van der Waals surface area contributed by atoms with Gasteiger partial charge in [0.05, 0.1) is 12.1 Å². The Balaban J connectivity index is 2.00. The molecular formula is C17H11ClN4O4. The number of hydrogen-bond donors (Lipinski definition) is 2. The minimum atomic E-state index is -0.628. The summed E-state index contributed by atoms with van der Waals surface area (Å²) >= 11 is 5.92. The van der Waals surface area contributed by atoms with Gasteiger partial charge in [-0.25, -0.2) is 4.68 Å². The van der Waals surface area contributed by atoms with Crippen LogP contribution in [0.1, 0.15) is 5.56 Å². The molecule has 3 heterocycles. The highest BCUT2D eigenvalue weighted by Gasteiger charge is 2.15. The van der Waals surface area contributed by atoms with E-state index in [2.05, 4.69) is 10.1 Å². The molecule has 9 heteroatoms. The third-order valence-corrected chi connectivity index (χ3v) is 4.33. The minimum Gasteiger partial charge on any atom is -0.619 e. The summed E-state index contributed by atoms with van der Waals surface area (Å²) in [4.78, 5) is 40.7. The monoisotopic (exact) mass is 370 g/mol. The van der Waals surface area contributed by atoms with Gasteiger partial charge in [0.1, 0.15) is 10.9 Å². The van der Waals surface area contributed by atoms with Crippen molar-refractivity contribution in [3.05, 3.63) is 89.4 Å². The van der Waals surface area contributed by atoms with Gasteiger partial charge in [-0.3, -0.25) is 19.5 Å². The molecule has 8 nitrogen and oxygen atoms in total. The van der Waals surface area contributed by atoms with Crippen molar-refractivity contribution in [3.8, 4) is 0 Å². The van der Waals surface area contributed by atoms with Gasteiger partial charge in [0.25, 0.3) is 11.1 Å². The highest BCUT2D eigenvalue weighted by molar-refractivity contribution is 6.31. The highest BCUT2D eigenvalue weighted by atomic mass is 35.5. The SMILES string of the molecule is O=c1[nH]n(Cc2cc[n+]([O-])cc2)c(=O)c2c(=O)c3ccc(Cl)cc3[nH]c12. The number of fused-ring (bicyclic) bond motifs is 2. The molecule has 0 radical (unpaired) electrons. The number of aromatic nitrogens is 4. The fourth-order valence-electron chi connectivity index (χ4n) is 2.84. The molecule has 0 aliphatic rings. The molecule has 0 amide bonds. The molecule has 26 heavy (non-hydrogen) atoms. The van der Waals surface area contributed by atoms with E-state index >= 15 is 0 Å². The molecule has 0 saturated carbocycles. The van der Waals surface area contributed by atoms with Crippen LogP contribution in [0.5, 0.6) is 0 Å². The molecule has 4 aromatic rings. The molecule has 0 fully saturated rings. The van der Waals surface area contributed by atoms with Crippen LogP contribution >= 0.6 is 11.6 Å². The molecule has 130 valence electrons. The molecule has 0 saturated heterocycles. The lowest BCUT2D eigenvalue weighted by atomic mass is 10.1. The summed E-state index contributed by atoms with van der Waals surface area (Å²) in [5.41, 5.74) is -0.874. The van der Waals surface area contributed by atoms with Crippen molar-refractivity contribution in [1.29, 1.82) is 0 Å². The second kappa shape index (κ2) is 5.85. The summed E-state index contributed by atoms with van der Waals surface area (Å²) in [7, 11) is 0. The average molecular weight is 371 g/mol. The Bertz CT molecular complexity index is 1340. The van der Waals surface area contributed by atoms with Crippen molar-refractivity contribution in [1.82, 2.24) is 14.8 Å². The zero-order valence-electron chi connectivity index (χ0n) is 13.2. The van der Waals surface area contributed by atoms with Gasteiger partial charge in [0, 0.05) is 22.5 Å². The van der Waals surface area contributed by atoms with E-state index < -0.39 is 16.5 Å². The molecule has 0 aliphatic carbocycles. The lowest BCUT2D eigenvalue weighted by molar-refractivity contribution is -0.605. The smallest absolute Gasteiger partial charge is 0.287 e. The van der Waals surface area contributed by atoms with Crippen molar-refractivity contribution < 1.29 is 4.73 Å². The summed E-state index contributed by atoms with van der Waals surface area (Å²) < 4.78 is 1.66. The molecule has 0 atom stereocenters. The lowest BCUT2D eigenvalue weighted by Gasteiger charge is -2.08. The first-order valence-corrected chi connectivity index (χ1v) is 7.98. The van der Waals surface area contributed by atoms with E-state index in [1.165, 1.54) is 36.7 Å². The Morgan fingerprint density at radius 3 is 2.58 bits per heavy atom. The minimum absolute atomic E-state index is 0.0168. The van der Waals surface area contributed by atoms with Crippen LogP contribution in [0.3, 0.4) is 0 Å². The van der Waals surface area contributed by atoms with E-state index in [-0.39, 0.29) is 22.8 Å². The number of benzene rings is 1. The van der Waals surface area contributed by atoms with Crippen LogP contribution < -0.4 is 21.3 Å². The number of rotatable bonds is 2. The molecule has 1 aromatic carbocycles. The van der Waals surface area contributed by atoms with E-state index in [0.29, 0.717) is 20.8 Å². The fraction of sp³-hybridized carbons (Fsp3) is 0.0588. The second-order valence-electron chi connectivity index (χ2n) is 5.79. The number of H-pyrrole nitrogens is 2. The van der Waals surface area contributed by atoms with Crippen molar-refractivity contribution in [2.45, 2.75) is 6.54 Å². The molecule has 2 N–H and O–H groups in total. The fourth-order valence-corrected chi connectivity index (χ4v) is 3.02. The zero-order valence-corrected chi connectivity index (χ0v) is 13.9. The summed E-state index contributed by atoms with van der Waals surface area (Å²) in [6.45, 7) is 0.0168. The van der Waals surface area contributed by atoms with Gasteiger partial charge in [-0.15, -0.1) is 0 Å². The molecule has 0 unspecified atom stereocenters. The van der Waals surface area contributed by atoms with Gasteiger partial charge < -0.3 is 10.2 Å². The van der Waals surface area contributed by atoms with E-state index in [1.807, 2.05) is 0 Å². The Hall–Kier alpha value is -3.39. The number of pyridine rings is 2. The summed E-state index contributed by atoms with van der Waals surface area (Å²) in [5, 5.41) is 14.0. The lowest BCUT2D eigenvalue weighted by Crippen LogP contribution is -2.34. The first-order valence-electron chi connectivity index (χ1n) is 7.60. The van der Waals surface area contributed by atoms with Crippen LogP contribution in [0.15, 0.2) is 57.1 Å². The van der Waals surface area contributed by atoms with E-state index in [0.717, 1.165) is 4.68 Å². The summed E-state index contributed by atoms with van der Waals surface area (Å²) in [5.74, 6) is 0. The van der Waals surface area contributed by atoms with Gasteiger partial charge in [0.2, 0.25) is 5.43 Å². The Morgan fingerprint density at radius 1 is 1.12 bits per heavy atom. The summed E-state index contributed by atoms with van der Waals surface area (Å²) in [6.07, 6.45) is 2.56. The van der Waals surface area contributed by atoms with Crippen LogP contribution in [-0.2, 0) is 6.54 Å². The third kappa shape index (κ3) is 2.56. The Morgan fingerprint density at radius 2 is 1.85 bits per heavy atom. The molecule has 0 spiro atoms. The molecular weight excluding hydrogens is 360 g/mol. The molecule has 0 bridgehead atoms. The maximum Gasteiger partial charge on any atom is 0.287 e. The standard InChI is InChI=1S/C17H11ClN4O4/c18-10-1-2-11-12(7-10)19-14-13(15(11)23)17(25)22(20-16(14)24)8-9-3-5-21(26)6-4-9/h1-7H,8H2,(H,19,23)(H,20,24). The van der Waals surface area contributed by atoms with Crippen molar-refractivity contribution in [2.75, 3.05) is 0 Å². The number of nitrogens with zero attached hydrogens (tertiary/aromatic N) is 2. The molecule has 0 aliphatic heterocycles. The molecule has 3 aromatic heterocycles. The van der Waals surface area contributed by atoms with Gasteiger partial charge in [-0.1, -0.05) is 11.6 Å². The number of aromatic amines is 2. The van der Waals surface area contributed by atoms with E-state index in [9.17, 15) is 19.6 Å². The quantitative estimate of drug-likeness (QED) is 0.309. The maximum absolute atomic E-state index is 12.8. The third-order valence-electron chi connectivity index (χ3n) is 4.10. The first-order chi connectivity index (χ1) is 12.4. The van der Waals surface area contributed by atoms with Crippen LogP contribution in [-0.4, -0.2) is 14.8 Å². The number of nitrogens with one attached hydrogen (secondary N) is 2. The van der Waals surface area contributed by atoms with Crippen LogP contribution in [0.2, 0.25) is 5.02 Å². The predicted molar refractivity (Wildman–Crippen MR) is 96.5 cm³/mol. The first kappa shape index (κ1) is 16.1. The zero-order chi connectivity index (χ0) is 18.4. The van der Waals surface area contributed by atoms with Crippen molar-refractivity contribution in [2.24, 2.45) is 0 Å². The van der Waals surface area contributed by atoms with Crippen molar-refractivity contribution >= 4 is 33.4 Å². The van der Waals surface area contributed by atoms with Crippen LogP contribution in [0, 0.1) is 5.21 Å². The number of hydrogen-bond acceptors (Lipinski definition) is 4. The van der Waals surface area contributed by atoms with Gasteiger partial charge in [-0.2, -0.15) is 4.73 Å². The Kier molecular flexibility index (Phi) is 3.62. The van der Waals surface area contributed by atoms with Crippen molar-refractivity contribution in [3.63, 3.8) is 0 Å². The molecule has 4 rings (SSSR count). The number of halogens is 1. The topological polar surface area (TPSA) is 115 Å².